The van der Waals surface area contributed by atoms with Crippen LogP contribution in [0, 0.1) is 0 Å². The minimum atomic E-state index is -2.00. The Morgan fingerprint density at radius 3 is 2.06 bits per heavy atom. The largest absolute Gasteiger partial charge is 0.496 e. The molecule has 0 saturated carbocycles. The molecule has 0 aliphatic heterocycles. The van der Waals surface area contributed by atoms with E-state index in [0.717, 1.165) is 41.7 Å². The van der Waals surface area contributed by atoms with Crippen LogP contribution in [0.1, 0.15) is 35.6 Å². The molecule has 0 bridgehead atoms. The summed E-state index contributed by atoms with van der Waals surface area (Å²) in [6.07, 6.45) is 2.08. The second-order valence-electron chi connectivity index (χ2n) is 9.46. The highest BCUT2D eigenvalue weighted by atomic mass is 28.4. The van der Waals surface area contributed by atoms with Crippen molar-refractivity contribution in [2.45, 2.75) is 64.1 Å². The lowest BCUT2D eigenvalue weighted by Crippen LogP contribution is -2.47. The van der Waals surface area contributed by atoms with Crippen LogP contribution in [-0.2, 0) is 17.1 Å². The van der Waals surface area contributed by atoms with Crippen molar-refractivity contribution in [3.63, 3.8) is 0 Å². The first kappa shape index (κ1) is 26.4. The molecule has 0 aliphatic rings. The zero-order valence-electron chi connectivity index (χ0n) is 21.0. The summed E-state index contributed by atoms with van der Waals surface area (Å²) in [6.45, 7) is 11.5. The van der Waals surface area contributed by atoms with Crippen LogP contribution in [0.15, 0.2) is 36.4 Å². The van der Waals surface area contributed by atoms with Gasteiger partial charge in [-0.3, -0.25) is 0 Å². The van der Waals surface area contributed by atoms with Crippen LogP contribution in [-0.4, -0.2) is 43.1 Å². The fraction of sp³-hybridized carbons (Fsp3) is 0.520. The van der Waals surface area contributed by atoms with Crippen LogP contribution in [0.3, 0.4) is 0 Å². The van der Waals surface area contributed by atoms with E-state index in [0.29, 0.717) is 5.54 Å². The van der Waals surface area contributed by atoms with E-state index in [1.54, 1.807) is 21.3 Å². The van der Waals surface area contributed by atoms with Crippen LogP contribution in [0.4, 0.5) is 0 Å². The SMILES string of the molecule is COc1ccc(C(C)[Si](C)(C)O[Si](C)(C)CCCc2ccc(OC)c(OC)c2)cc1CO. The average molecular weight is 477 g/mol. The summed E-state index contributed by atoms with van der Waals surface area (Å²) in [4.78, 5) is 0. The highest BCUT2D eigenvalue weighted by Gasteiger charge is 2.37. The number of aliphatic hydroxyl groups excluding tert-OH is 1. The maximum Gasteiger partial charge on any atom is 0.180 e. The lowest BCUT2D eigenvalue weighted by Gasteiger charge is -2.38. The van der Waals surface area contributed by atoms with Crippen molar-refractivity contribution in [1.29, 1.82) is 0 Å². The predicted octanol–water partition coefficient (Wildman–Crippen LogP) is 5.91. The van der Waals surface area contributed by atoms with E-state index in [4.69, 9.17) is 18.3 Å². The maximum atomic E-state index is 9.69. The average Bonchev–Trinajstić information content (AvgIpc) is 2.76. The van der Waals surface area contributed by atoms with E-state index in [1.807, 2.05) is 12.1 Å². The molecule has 178 valence electrons. The van der Waals surface area contributed by atoms with Crippen molar-refractivity contribution in [2.75, 3.05) is 21.3 Å². The molecular weight excluding hydrogens is 436 g/mol. The van der Waals surface area contributed by atoms with Gasteiger partial charge >= 0.3 is 0 Å². The Balaban J connectivity index is 2.01. The summed E-state index contributed by atoms with van der Waals surface area (Å²) in [6, 6.07) is 13.4. The van der Waals surface area contributed by atoms with Gasteiger partial charge in [0.2, 0.25) is 0 Å². The number of aryl methyl sites for hydroxylation is 1. The Bertz CT molecular complexity index is 883. The first-order valence-corrected chi connectivity index (χ1v) is 17.4. The van der Waals surface area contributed by atoms with Crippen LogP contribution in [0.2, 0.25) is 32.2 Å². The molecule has 0 aromatic heterocycles. The van der Waals surface area contributed by atoms with Gasteiger partial charge in [0.05, 0.1) is 27.9 Å². The lowest BCUT2D eigenvalue weighted by atomic mass is 10.1. The summed E-state index contributed by atoms with van der Waals surface area (Å²) >= 11 is 0. The standard InChI is InChI=1S/C25H40O5Si2/c1-19(21-12-14-23(27-2)22(17-21)18-26)32(7,8)30-31(5,6)15-9-10-20-11-13-24(28-3)25(16-20)29-4/h11-14,16-17,19,26H,9-10,15,18H2,1-8H3. The van der Waals surface area contributed by atoms with Gasteiger partial charge in [0.25, 0.3) is 0 Å². The van der Waals surface area contributed by atoms with Crippen LogP contribution < -0.4 is 14.2 Å². The van der Waals surface area contributed by atoms with Crippen molar-refractivity contribution in [3.8, 4) is 17.2 Å². The smallest absolute Gasteiger partial charge is 0.180 e. The third-order valence-electron chi connectivity index (χ3n) is 6.25. The summed E-state index contributed by atoms with van der Waals surface area (Å²) in [7, 11) is 1.13. The normalized spacial score (nSPS) is 13.0. The highest BCUT2D eigenvalue weighted by molar-refractivity contribution is 6.85. The molecule has 2 aromatic carbocycles. The third-order valence-corrected chi connectivity index (χ3v) is 14.5. The molecule has 5 nitrogen and oxygen atoms in total. The van der Waals surface area contributed by atoms with Crippen LogP contribution in [0.25, 0.3) is 0 Å². The van der Waals surface area contributed by atoms with E-state index in [9.17, 15) is 5.11 Å². The monoisotopic (exact) mass is 476 g/mol. The molecule has 1 N–H and O–H groups in total. The highest BCUT2D eigenvalue weighted by Crippen LogP contribution is 2.34. The molecule has 0 radical (unpaired) electrons. The molecule has 1 atom stereocenters. The first-order valence-electron chi connectivity index (χ1n) is 11.3. The summed E-state index contributed by atoms with van der Waals surface area (Å²) in [5, 5.41) is 9.69. The van der Waals surface area contributed by atoms with Gasteiger partial charge in [-0.2, -0.15) is 0 Å². The number of ether oxygens (including phenoxy) is 3. The number of hydrogen-bond donors (Lipinski definition) is 1. The minimum absolute atomic E-state index is 0.0248. The Labute approximate surface area is 195 Å². The molecule has 7 heteroatoms. The zero-order chi connectivity index (χ0) is 23.9. The fourth-order valence-electron chi connectivity index (χ4n) is 4.20. The number of aliphatic hydroxyl groups is 1. The van der Waals surface area contributed by atoms with E-state index >= 15 is 0 Å². The van der Waals surface area contributed by atoms with Gasteiger partial charge in [-0.1, -0.05) is 19.1 Å². The quantitative estimate of drug-likeness (QED) is 0.386. The predicted molar refractivity (Wildman–Crippen MR) is 136 cm³/mol. The number of hydrogen-bond acceptors (Lipinski definition) is 5. The molecule has 0 aliphatic carbocycles. The van der Waals surface area contributed by atoms with Crippen LogP contribution >= 0.6 is 0 Å². The lowest BCUT2D eigenvalue weighted by molar-refractivity contribution is 0.273. The van der Waals surface area contributed by atoms with Gasteiger partial charge in [0, 0.05) is 5.56 Å². The second kappa shape index (κ2) is 11.4. The molecule has 32 heavy (non-hydrogen) atoms. The number of rotatable bonds is 12. The van der Waals surface area contributed by atoms with E-state index < -0.39 is 16.6 Å². The van der Waals surface area contributed by atoms with Gasteiger partial charge in [-0.15, -0.1) is 0 Å². The van der Waals surface area contributed by atoms with Gasteiger partial charge in [-0.05, 0) is 86.0 Å². The fourth-order valence-corrected chi connectivity index (χ4v) is 13.0. The van der Waals surface area contributed by atoms with Crippen molar-refractivity contribution in [1.82, 2.24) is 0 Å². The topological polar surface area (TPSA) is 57.2 Å². The number of methoxy groups -OCH3 is 3. The summed E-state index contributed by atoms with van der Waals surface area (Å²) in [5.41, 5.74) is 3.61. The van der Waals surface area contributed by atoms with Gasteiger partial charge in [0.1, 0.15) is 5.75 Å². The van der Waals surface area contributed by atoms with Crippen molar-refractivity contribution >= 4 is 16.6 Å². The zero-order valence-corrected chi connectivity index (χ0v) is 23.0. The molecule has 2 aromatic rings. The third kappa shape index (κ3) is 6.84. The molecule has 0 amide bonds. The Kier molecular flexibility index (Phi) is 9.39. The Hall–Kier alpha value is -1.81. The Morgan fingerprint density at radius 1 is 0.844 bits per heavy atom. The van der Waals surface area contributed by atoms with Gasteiger partial charge < -0.3 is 23.4 Å². The Morgan fingerprint density at radius 2 is 1.47 bits per heavy atom. The molecule has 1 unspecified atom stereocenters. The van der Waals surface area contributed by atoms with E-state index in [-0.39, 0.29) is 6.61 Å². The molecule has 2 rings (SSSR count). The van der Waals surface area contributed by atoms with Crippen molar-refractivity contribution < 1.29 is 23.4 Å². The van der Waals surface area contributed by atoms with E-state index in [1.165, 1.54) is 11.1 Å². The van der Waals surface area contributed by atoms with Crippen molar-refractivity contribution in [2.24, 2.45) is 0 Å². The summed E-state index contributed by atoms with van der Waals surface area (Å²) < 4.78 is 23.1. The molecular formula is C25H40O5Si2. The van der Waals surface area contributed by atoms with E-state index in [2.05, 4.69) is 57.4 Å². The van der Waals surface area contributed by atoms with Gasteiger partial charge in [0.15, 0.2) is 28.1 Å². The summed E-state index contributed by atoms with van der Waals surface area (Å²) in [5.74, 6) is 2.27. The molecule has 0 saturated heterocycles. The number of benzene rings is 2. The maximum absolute atomic E-state index is 9.69. The first-order chi connectivity index (χ1) is 15.1. The van der Waals surface area contributed by atoms with Crippen LogP contribution in [0.5, 0.6) is 17.2 Å². The van der Waals surface area contributed by atoms with Gasteiger partial charge in [-0.25, -0.2) is 0 Å². The molecule has 0 fully saturated rings. The van der Waals surface area contributed by atoms with Crippen molar-refractivity contribution in [3.05, 3.63) is 53.1 Å². The second-order valence-corrected chi connectivity index (χ2v) is 18.4. The molecule has 0 heterocycles. The minimum Gasteiger partial charge on any atom is -0.496 e. The molecule has 0 spiro atoms.